The summed E-state index contributed by atoms with van der Waals surface area (Å²) in [6, 6.07) is 17.1. The van der Waals surface area contributed by atoms with Crippen LogP contribution >= 0.6 is 11.3 Å². The smallest absolute Gasteiger partial charge is 0.183 e. The quantitative estimate of drug-likeness (QED) is 0.699. The summed E-state index contributed by atoms with van der Waals surface area (Å²) in [6.07, 6.45) is 1.11. The van der Waals surface area contributed by atoms with Gasteiger partial charge in [0.1, 0.15) is 0 Å². The van der Waals surface area contributed by atoms with E-state index in [1.807, 2.05) is 0 Å². The highest BCUT2D eigenvalue weighted by Crippen LogP contribution is 2.27. The molecular formula is C18H20N2S. The maximum absolute atomic E-state index is 4.65. The van der Waals surface area contributed by atoms with Gasteiger partial charge in [-0.3, -0.25) is 0 Å². The summed E-state index contributed by atoms with van der Waals surface area (Å²) in [4.78, 5) is 4.65. The Bertz CT molecular complexity index is 718. The molecule has 0 aliphatic rings. The number of aryl methyl sites for hydroxylation is 1. The molecule has 0 saturated carbocycles. The highest BCUT2D eigenvalue weighted by Gasteiger charge is 2.06. The molecule has 1 N–H and O–H groups in total. The molecule has 3 aromatic rings. The number of anilines is 1. The van der Waals surface area contributed by atoms with Crippen molar-refractivity contribution < 1.29 is 0 Å². The zero-order chi connectivity index (χ0) is 14.7. The number of thiazole rings is 1. The fraction of sp³-hybridized carbons (Fsp3) is 0.278. The number of hydrogen-bond donors (Lipinski definition) is 1. The summed E-state index contributed by atoms with van der Waals surface area (Å²) in [6.45, 7) is 5.33. The number of fused-ring (bicyclic) bond motifs is 1. The van der Waals surface area contributed by atoms with Crippen LogP contribution in [0.5, 0.6) is 0 Å². The number of benzene rings is 2. The Labute approximate surface area is 129 Å². The van der Waals surface area contributed by atoms with Crippen molar-refractivity contribution in [1.82, 2.24) is 4.98 Å². The fourth-order valence-electron chi connectivity index (χ4n) is 2.46. The van der Waals surface area contributed by atoms with Crippen LogP contribution in [0.1, 0.15) is 30.4 Å². The Hall–Kier alpha value is -1.87. The Morgan fingerprint density at radius 2 is 1.95 bits per heavy atom. The molecule has 0 spiro atoms. The second kappa shape index (κ2) is 6.27. The van der Waals surface area contributed by atoms with Gasteiger partial charge in [0.15, 0.2) is 5.13 Å². The summed E-state index contributed by atoms with van der Waals surface area (Å²) in [5.74, 6) is 0.565. The minimum Gasteiger partial charge on any atom is -0.361 e. The molecule has 21 heavy (non-hydrogen) atoms. The zero-order valence-corrected chi connectivity index (χ0v) is 13.3. The third-order valence-electron chi connectivity index (χ3n) is 3.77. The van der Waals surface area contributed by atoms with Crippen LogP contribution in [0.25, 0.3) is 10.2 Å². The molecule has 2 aromatic carbocycles. The van der Waals surface area contributed by atoms with Crippen LogP contribution < -0.4 is 5.32 Å². The maximum atomic E-state index is 4.65. The Morgan fingerprint density at radius 3 is 2.76 bits per heavy atom. The predicted molar refractivity (Wildman–Crippen MR) is 92.3 cm³/mol. The van der Waals surface area contributed by atoms with Crippen LogP contribution in [0.3, 0.4) is 0 Å². The first-order valence-electron chi connectivity index (χ1n) is 7.38. The molecule has 0 fully saturated rings. The fourth-order valence-corrected chi connectivity index (χ4v) is 3.33. The molecule has 2 nitrogen and oxygen atoms in total. The van der Waals surface area contributed by atoms with Crippen LogP contribution in [-0.4, -0.2) is 11.5 Å². The molecule has 0 saturated heterocycles. The van der Waals surface area contributed by atoms with Gasteiger partial charge in [-0.1, -0.05) is 54.7 Å². The number of nitrogens with zero attached hydrogens (tertiary/aromatic N) is 1. The normalized spacial score (nSPS) is 12.5. The third kappa shape index (κ3) is 3.42. The summed E-state index contributed by atoms with van der Waals surface area (Å²) in [5.41, 5.74) is 3.76. The number of hydrogen-bond acceptors (Lipinski definition) is 3. The molecule has 0 aliphatic heterocycles. The molecule has 1 atom stereocenters. The van der Waals surface area contributed by atoms with Crippen molar-refractivity contribution in [3.05, 3.63) is 59.7 Å². The van der Waals surface area contributed by atoms with Crippen molar-refractivity contribution in [3.8, 4) is 0 Å². The highest BCUT2D eigenvalue weighted by atomic mass is 32.1. The van der Waals surface area contributed by atoms with E-state index in [0.29, 0.717) is 5.92 Å². The van der Waals surface area contributed by atoms with Gasteiger partial charge in [-0.05, 0) is 42.5 Å². The lowest BCUT2D eigenvalue weighted by atomic mass is 9.98. The van der Waals surface area contributed by atoms with Gasteiger partial charge < -0.3 is 5.32 Å². The van der Waals surface area contributed by atoms with Crippen LogP contribution in [0.15, 0.2) is 48.5 Å². The molecule has 3 rings (SSSR count). The third-order valence-corrected chi connectivity index (χ3v) is 4.76. The van der Waals surface area contributed by atoms with Crippen molar-refractivity contribution >= 4 is 26.7 Å². The first-order valence-corrected chi connectivity index (χ1v) is 8.20. The second-order valence-electron chi connectivity index (χ2n) is 5.52. The van der Waals surface area contributed by atoms with Gasteiger partial charge in [0.05, 0.1) is 10.2 Å². The Balaban J connectivity index is 1.59. The highest BCUT2D eigenvalue weighted by molar-refractivity contribution is 7.22. The van der Waals surface area contributed by atoms with Gasteiger partial charge in [0, 0.05) is 6.54 Å². The van der Waals surface area contributed by atoms with E-state index in [1.165, 1.54) is 15.8 Å². The molecule has 108 valence electrons. The second-order valence-corrected chi connectivity index (χ2v) is 6.55. The van der Waals surface area contributed by atoms with Crippen LogP contribution in [0, 0.1) is 6.92 Å². The lowest BCUT2D eigenvalue weighted by Crippen LogP contribution is -2.05. The summed E-state index contributed by atoms with van der Waals surface area (Å²) in [7, 11) is 0. The van der Waals surface area contributed by atoms with Crippen molar-refractivity contribution in [2.24, 2.45) is 0 Å². The lowest BCUT2D eigenvalue weighted by Gasteiger charge is -2.11. The molecule has 0 aliphatic carbocycles. The number of aromatic nitrogens is 1. The van der Waals surface area contributed by atoms with Crippen molar-refractivity contribution in [1.29, 1.82) is 0 Å². The Morgan fingerprint density at radius 1 is 1.14 bits per heavy atom. The van der Waals surface area contributed by atoms with Crippen molar-refractivity contribution in [3.63, 3.8) is 0 Å². The zero-order valence-electron chi connectivity index (χ0n) is 12.5. The number of nitrogens with one attached hydrogen (secondary N) is 1. The molecule has 1 unspecified atom stereocenters. The minimum atomic E-state index is 0.565. The average Bonchev–Trinajstić information content (AvgIpc) is 2.89. The standard InChI is InChI=1S/C18H20N2S/c1-13-8-9-17-16(12-13)20-18(21-17)19-11-10-14(2)15-6-4-3-5-7-15/h3-9,12,14H,10-11H2,1-2H3,(H,19,20). The van der Waals surface area contributed by atoms with E-state index in [0.717, 1.165) is 23.6 Å². The van der Waals surface area contributed by atoms with E-state index < -0.39 is 0 Å². The van der Waals surface area contributed by atoms with E-state index in [2.05, 4.69) is 72.7 Å². The van der Waals surface area contributed by atoms with E-state index in [9.17, 15) is 0 Å². The Kier molecular flexibility index (Phi) is 4.20. The predicted octanol–water partition coefficient (Wildman–Crippen LogP) is 5.21. The maximum Gasteiger partial charge on any atom is 0.183 e. The molecular weight excluding hydrogens is 276 g/mol. The van der Waals surface area contributed by atoms with Gasteiger partial charge in [0.2, 0.25) is 0 Å². The lowest BCUT2D eigenvalue weighted by molar-refractivity contribution is 0.706. The molecule has 0 amide bonds. The van der Waals surface area contributed by atoms with Gasteiger partial charge in [0.25, 0.3) is 0 Å². The van der Waals surface area contributed by atoms with Crippen molar-refractivity contribution in [2.75, 3.05) is 11.9 Å². The molecule has 0 radical (unpaired) electrons. The van der Waals surface area contributed by atoms with Crippen molar-refractivity contribution in [2.45, 2.75) is 26.2 Å². The van der Waals surface area contributed by atoms with Gasteiger partial charge in [-0.25, -0.2) is 4.98 Å². The van der Waals surface area contributed by atoms with Crippen LogP contribution in [-0.2, 0) is 0 Å². The van der Waals surface area contributed by atoms with Gasteiger partial charge >= 0.3 is 0 Å². The first-order chi connectivity index (χ1) is 10.2. The number of rotatable bonds is 5. The average molecular weight is 296 g/mol. The van der Waals surface area contributed by atoms with E-state index >= 15 is 0 Å². The van der Waals surface area contributed by atoms with Gasteiger partial charge in [-0.15, -0.1) is 0 Å². The first kappa shape index (κ1) is 14.1. The monoisotopic (exact) mass is 296 g/mol. The SMILES string of the molecule is Cc1ccc2sc(NCCC(C)c3ccccc3)nc2c1. The minimum absolute atomic E-state index is 0.565. The topological polar surface area (TPSA) is 24.9 Å². The molecule has 1 heterocycles. The van der Waals surface area contributed by atoms with Crippen LogP contribution in [0.4, 0.5) is 5.13 Å². The van der Waals surface area contributed by atoms with E-state index in [4.69, 9.17) is 0 Å². The van der Waals surface area contributed by atoms with Gasteiger partial charge in [-0.2, -0.15) is 0 Å². The summed E-state index contributed by atoms with van der Waals surface area (Å²) >= 11 is 1.73. The molecule has 3 heteroatoms. The largest absolute Gasteiger partial charge is 0.361 e. The summed E-state index contributed by atoms with van der Waals surface area (Å²) < 4.78 is 1.25. The van der Waals surface area contributed by atoms with E-state index in [-0.39, 0.29) is 0 Å². The molecule has 1 aromatic heterocycles. The van der Waals surface area contributed by atoms with E-state index in [1.54, 1.807) is 11.3 Å². The summed E-state index contributed by atoms with van der Waals surface area (Å²) in [5, 5.41) is 4.49. The van der Waals surface area contributed by atoms with Crippen LogP contribution in [0.2, 0.25) is 0 Å². The molecule has 0 bridgehead atoms.